The van der Waals surface area contributed by atoms with Crippen molar-refractivity contribution >= 4 is 17.8 Å². The number of hydrogen-bond acceptors (Lipinski definition) is 5. The van der Waals surface area contributed by atoms with E-state index < -0.39 is 23.6 Å². The number of aromatic nitrogens is 2. The Morgan fingerprint density at radius 1 is 1.07 bits per heavy atom. The minimum Gasteiger partial charge on any atom is -0.322 e. The maximum Gasteiger partial charge on any atom is 0.384 e. The highest BCUT2D eigenvalue weighted by Gasteiger charge is 2.40. The van der Waals surface area contributed by atoms with E-state index in [9.17, 15) is 18.8 Å². The van der Waals surface area contributed by atoms with Crippen LogP contribution >= 0.6 is 0 Å². The van der Waals surface area contributed by atoms with Crippen molar-refractivity contribution in [3.8, 4) is 5.69 Å². The molecule has 0 atom stereocenters. The van der Waals surface area contributed by atoms with Crippen LogP contribution < -0.4 is 0 Å². The number of nitrogens with zero attached hydrogens (tertiary/aromatic N) is 3. The Morgan fingerprint density at radius 3 is 2.47 bits per heavy atom. The van der Waals surface area contributed by atoms with Gasteiger partial charge in [-0.15, -0.1) is 0 Å². The molecule has 8 heteroatoms. The van der Waals surface area contributed by atoms with Crippen LogP contribution in [-0.2, 0) is 17.7 Å². The summed E-state index contributed by atoms with van der Waals surface area (Å²) < 4.78 is 15.9. The summed E-state index contributed by atoms with van der Waals surface area (Å²) in [6.07, 6.45) is 2.00. The average molecular weight is 405 g/mol. The minimum absolute atomic E-state index is 0.0139. The van der Waals surface area contributed by atoms with Gasteiger partial charge in [0.2, 0.25) is 0 Å². The van der Waals surface area contributed by atoms with Crippen molar-refractivity contribution < 1.29 is 23.6 Å². The summed E-state index contributed by atoms with van der Waals surface area (Å²) in [5, 5.41) is 4.76. The van der Waals surface area contributed by atoms with E-state index in [4.69, 9.17) is 4.84 Å². The van der Waals surface area contributed by atoms with Gasteiger partial charge in [0.15, 0.2) is 5.69 Å². The molecule has 0 fully saturated rings. The van der Waals surface area contributed by atoms with Gasteiger partial charge < -0.3 is 4.84 Å². The third-order valence-electron chi connectivity index (χ3n) is 5.38. The predicted molar refractivity (Wildman–Crippen MR) is 103 cm³/mol. The largest absolute Gasteiger partial charge is 0.384 e. The van der Waals surface area contributed by atoms with E-state index >= 15 is 0 Å². The Kier molecular flexibility index (Phi) is 4.02. The molecule has 30 heavy (non-hydrogen) atoms. The molecule has 3 aromatic rings. The van der Waals surface area contributed by atoms with E-state index in [-0.39, 0.29) is 22.5 Å². The molecule has 5 rings (SSSR count). The normalized spacial score (nSPS) is 14.8. The molecule has 0 N–H and O–H groups in total. The second-order valence-corrected chi connectivity index (χ2v) is 7.32. The van der Waals surface area contributed by atoms with E-state index in [1.54, 1.807) is 24.3 Å². The topological polar surface area (TPSA) is 81.5 Å². The molecule has 2 amide bonds. The molecule has 1 aliphatic heterocycles. The first kappa shape index (κ1) is 18.2. The highest BCUT2D eigenvalue weighted by molar-refractivity contribution is 6.21. The highest BCUT2D eigenvalue weighted by atomic mass is 19.1. The zero-order valence-corrected chi connectivity index (χ0v) is 16.0. The molecule has 0 saturated heterocycles. The number of benzene rings is 2. The fraction of sp³-hybridized carbons (Fsp3) is 0.182. The summed E-state index contributed by atoms with van der Waals surface area (Å²) in [6, 6.07) is 10.9. The van der Waals surface area contributed by atoms with Gasteiger partial charge in [0.25, 0.3) is 11.8 Å². The zero-order valence-electron chi connectivity index (χ0n) is 16.0. The summed E-state index contributed by atoms with van der Waals surface area (Å²) >= 11 is 0. The summed E-state index contributed by atoms with van der Waals surface area (Å²) in [5.41, 5.74) is 2.81. The molecular formula is C22H16FN3O4. The van der Waals surface area contributed by atoms with Crippen molar-refractivity contribution in [3.05, 3.63) is 81.9 Å². The number of imide groups is 1. The standard InChI is InChI=1S/C22H16FN3O4/c1-12-9-10-16(23)18(11-12)25-17-8-4-7-15(17)19(24-25)22(29)30-26-20(27)13-5-2-3-6-14(13)21(26)28/h2-3,5-6,9-11H,4,7-8H2,1H3. The second kappa shape index (κ2) is 6.62. The first-order chi connectivity index (χ1) is 14.5. The van der Waals surface area contributed by atoms with Gasteiger partial charge in [0, 0.05) is 11.3 Å². The first-order valence-electron chi connectivity index (χ1n) is 9.53. The molecule has 150 valence electrons. The highest BCUT2D eigenvalue weighted by Crippen LogP contribution is 2.30. The van der Waals surface area contributed by atoms with E-state index in [0.717, 1.165) is 17.7 Å². The molecule has 1 aromatic heterocycles. The third kappa shape index (κ3) is 2.64. The van der Waals surface area contributed by atoms with Crippen LogP contribution in [0.4, 0.5) is 4.39 Å². The first-order valence-corrected chi connectivity index (χ1v) is 9.53. The fourth-order valence-electron chi connectivity index (χ4n) is 3.96. The Bertz CT molecular complexity index is 1210. The van der Waals surface area contributed by atoms with Gasteiger partial charge in [0.1, 0.15) is 11.5 Å². The van der Waals surface area contributed by atoms with Gasteiger partial charge >= 0.3 is 5.97 Å². The van der Waals surface area contributed by atoms with E-state index in [1.807, 2.05) is 6.92 Å². The number of hydrogen-bond donors (Lipinski definition) is 0. The predicted octanol–water partition coefficient (Wildman–Crippen LogP) is 3.18. The van der Waals surface area contributed by atoms with Crippen LogP contribution in [-0.4, -0.2) is 32.6 Å². The Hall–Kier alpha value is -3.81. The number of carbonyl (C=O) groups excluding carboxylic acids is 3. The number of amides is 2. The molecule has 0 saturated carbocycles. The Morgan fingerprint density at radius 2 is 1.77 bits per heavy atom. The van der Waals surface area contributed by atoms with Crippen LogP contribution in [0, 0.1) is 12.7 Å². The molecule has 0 unspecified atom stereocenters. The third-order valence-corrected chi connectivity index (χ3v) is 5.38. The monoisotopic (exact) mass is 405 g/mol. The number of fused-ring (bicyclic) bond motifs is 2. The number of hydroxylamine groups is 2. The molecule has 0 radical (unpaired) electrons. The van der Waals surface area contributed by atoms with Crippen LogP contribution in [0.1, 0.15) is 54.4 Å². The quantitative estimate of drug-likeness (QED) is 0.625. The van der Waals surface area contributed by atoms with Crippen molar-refractivity contribution in [2.45, 2.75) is 26.2 Å². The van der Waals surface area contributed by atoms with Gasteiger partial charge in [-0.05, 0) is 56.0 Å². The maximum atomic E-state index is 14.4. The minimum atomic E-state index is -0.922. The van der Waals surface area contributed by atoms with Crippen molar-refractivity contribution in [1.82, 2.24) is 14.8 Å². The molecule has 7 nitrogen and oxygen atoms in total. The summed E-state index contributed by atoms with van der Waals surface area (Å²) in [4.78, 5) is 43.0. The van der Waals surface area contributed by atoms with Crippen molar-refractivity contribution in [1.29, 1.82) is 0 Å². The lowest BCUT2D eigenvalue weighted by Gasteiger charge is -2.12. The molecular weight excluding hydrogens is 389 g/mol. The Balaban J connectivity index is 1.50. The van der Waals surface area contributed by atoms with Crippen molar-refractivity contribution in [3.63, 3.8) is 0 Å². The van der Waals surface area contributed by atoms with Gasteiger partial charge in [-0.1, -0.05) is 23.3 Å². The SMILES string of the molecule is Cc1ccc(F)c(-n2nc(C(=O)ON3C(=O)c4ccccc4C3=O)c3c2CCC3)c1. The number of aryl methyl sites for hydroxylation is 1. The average Bonchev–Trinajstić information content (AvgIpc) is 3.41. The van der Waals surface area contributed by atoms with Gasteiger partial charge in [-0.25, -0.2) is 13.9 Å². The smallest absolute Gasteiger partial charge is 0.322 e. The van der Waals surface area contributed by atoms with Crippen molar-refractivity contribution in [2.24, 2.45) is 0 Å². The van der Waals surface area contributed by atoms with Crippen LogP contribution in [0.25, 0.3) is 5.69 Å². The fourth-order valence-corrected chi connectivity index (χ4v) is 3.96. The summed E-state index contributed by atoms with van der Waals surface area (Å²) in [5.74, 6) is -2.79. The van der Waals surface area contributed by atoms with Crippen molar-refractivity contribution in [2.75, 3.05) is 0 Å². The summed E-state index contributed by atoms with van der Waals surface area (Å²) in [7, 11) is 0. The lowest BCUT2D eigenvalue weighted by Crippen LogP contribution is -2.33. The van der Waals surface area contributed by atoms with Crippen LogP contribution in [0.5, 0.6) is 0 Å². The van der Waals surface area contributed by atoms with Gasteiger partial charge in [-0.3, -0.25) is 9.59 Å². The van der Waals surface area contributed by atoms with E-state index in [0.29, 0.717) is 23.5 Å². The molecule has 1 aliphatic carbocycles. The van der Waals surface area contributed by atoms with Gasteiger partial charge in [-0.2, -0.15) is 5.10 Å². The molecule has 2 aromatic carbocycles. The zero-order chi connectivity index (χ0) is 21.0. The molecule has 2 heterocycles. The van der Waals surface area contributed by atoms with E-state index in [1.165, 1.54) is 22.9 Å². The van der Waals surface area contributed by atoms with Gasteiger partial charge in [0.05, 0.1) is 11.1 Å². The van der Waals surface area contributed by atoms with Crippen LogP contribution in [0.2, 0.25) is 0 Å². The Labute approximate surface area is 170 Å². The summed E-state index contributed by atoms with van der Waals surface area (Å²) in [6.45, 7) is 1.84. The second-order valence-electron chi connectivity index (χ2n) is 7.32. The number of carbonyl (C=O) groups is 3. The maximum absolute atomic E-state index is 14.4. The van der Waals surface area contributed by atoms with E-state index in [2.05, 4.69) is 5.10 Å². The number of rotatable bonds is 3. The lowest BCUT2D eigenvalue weighted by atomic mass is 10.1. The lowest BCUT2D eigenvalue weighted by molar-refractivity contribution is -0.0589. The van der Waals surface area contributed by atoms with Crippen LogP contribution in [0.3, 0.4) is 0 Å². The molecule has 0 bridgehead atoms. The molecule has 2 aliphatic rings. The number of halogens is 1. The molecule has 0 spiro atoms. The van der Waals surface area contributed by atoms with Crippen LogP contribution in [0.15, 0.2) is 42.5 Å².